The molecule has 158 valence electrons. The third-order valence-corrected chi connectivity index (χ3v) is 5.36. The highest BCUT2D eigenvalue weighted by Gasteiger charge is 2.18. The van der Waals surface area contributed by atoms with Crippen molar-refractivity contribution in [1.82, 2.24) is 14.8 Å². The first-order chi connectivity index (χ1) is 14.3. The lowest BCUT2D eigenvalue weighted by atomic mass is 10.2. The second-order valence-electron chi connectivity index (χ2n) is 6.97. The van der Waals surface area contributed by atoms with Gasteiger partial charge in [0.15, 0.2) is 5.96 Å². The number of halogens is 1. The topological polar surface area (TPSA) is 98.4 Å². The monoisotopic (exact) mass is 427 g/mol. The minimum Gasteiger partial charge on any atom is -0.457 e. The number of nitrogens with zero attached hydrogens (tertiary/aromatic N) is 2. The fourth-order valence-corrected chi connectivity index (χ4v) is 3.45. The normalized spacial score (nSPS) is 11.1. The number of H-pyrrole nitrogens is 1. The number of guanidine groups is 1. The van der Waals surface area contributed by atoms with E-state index in [1.807, 2.05) is 18.2 Å². The summed E-state index contributed by atoms with van der Waals surface area (Å²) >= 11 is 6.46. The van der Waals surface area contributed by atoms with Crippen LogP contribution >= 0.6 is 11.6 Å². The number of nitrogens with one attached hydrogen (secondary N) is 2. The van der Waals surface area contributed by atoms with E-state index in [0.29, 0.717) is 27.4 Å². The average Bonchev–Trinajstić information content (AvgIpc) is 3.16. The Balaban J connectivity index is 1.91. The van der Waals surface area contributed by atoms with Crippen LogP contribution in [0.5, 0.6) is 11.5 Å². The molecule has 0 saturated carbocycles. The highest BCUT2D eigenvalue weighted by molar-refractivity contribution is 6.35. The van der Waals surface area contributed by atoms with E-state index in [1.165, 1.54) is 7.05 Å². The zero-order valence-corrected chi connectivity index (χ0v) is 18.1. The highest BCUT2D eigenvalue weighted by atomic mass is 35.5. The molecule has 0 aliphatic heterocycles. The molecule has 0 bridgehead atoms. The summed E-state index contributed by atoms with van der Waals surface area (Å²) in [5.74, 6) is 0.583. The van der Waals surface area contributed by atoms with E-state index >= 15 is 0 Å². The van der Waals surface area contributed by atoms with Crippen molar-refractivity contribution < 1.29 is 9.53 Å². The summed E-state index contributed by atoms with van der Waals surface area (Å²) in [6.45, 7) is 6.97. The molecule has 1 aromatic heterocycles. The van der Waals surface area contributed by atoms with Crippen LogP contribution in [0.4, 0.5) is 0 Å². The predicted octanol–water partition coefficient (Wildman–Crippen LogP) is 4.42. The fraction of sp³-hybridized carbons (Fsp3) is 0.273. The number of hydrogen-bond donors (Lipinski definition) is 3. The van der Waals surface area contributed by atoms with Crippen LogP contribution in [0.25, 0.3) is 10.9 Å². The number of benzene rings is 2. The summed E-state index contributed by atoms with van der Waals surface area (Å²) in [4.78, 5) is 18.9. The van der Waals surface area contributed by atoms with Gasteiger partial charge in [0.2, 0.25) is 0 Å². The smallest absolute Gasteiger partial charge is 0.276 e. The maximum atomic E-state index is 12.4. The van der Waals surface area contributed by atoms with Gasteiger partial charge in [-0.25, -0.2) is 0 Å². The van der Waals surface area contributed by atoms with Crippen molar-refractivity contribution >= 4 is 34.4 Å². The molecule has 8 heteroatoms. The number of fused-ring (bicyclic) bond motifs is 1. The molecule has 1 amide bonds. The van der Waals surface area contributed by atoms with Crippen molar-refractivity contribution in [2.45, 2.75) is 20.4 Å². The van der Waals surface area contributed by atoms with Crippen molar-refractivity contribution in [3.63, 3.8) is 0 Å². The summed E-state index contributed by atoms with van der Waals surface area (Å²) in [6, 6.07) is 13.1. The van der Waals surface area contributed by atoms with Crippen LogP contribution in [-0.2, 0) is 6.54 Å². The Bertz CT molecular complexity index is 1070. The van der Waals surface area contributed by atoms with Crippen molar-refractivity contribution in [2.24, 2.45) is 5.73 Å². The Labute approximate surface area is 180 Å². The van der Waals surface area contributed by atoms with E-state index in [2.05, 4.69) is 29.8 Å². The number of amides is 1. The largest absolute Gasteiger partial charge is 0.457 e. The summed E-state index contributed by atoms with van der Waals surface area (Å²) in [7, 11) is 1.44. The van der Waals surface area contributed by atoms with Gasteiger partial charge in [0.25, 0.3) is 5.91 Å². The summed E-state index contributed by atoms with van der Waals surface area (Å²) < 4.78 is 6.16. The number of para-hydroxylation sites is 1. The molecule has 4 N–H and O–H groups in total. The van der Waals surface area contributed by atoms with Gasteiger partial charge in [0, 0.05) is 36.7 Å². The van der Waals surface area contributed by atoms with Gasteiger partial charge in [-0.15, -0.1) is 0 Å². The van der Waals surface area contributed by atoms with Crippen molar-refractivity contribution in [3.8, 4) is 11.5 Å². The number of carbonyl (C=O) groups excluding carboxylic acids is 1. The average molecular weight is 428 g/mol. The number of aromatic nitrogens is 1. The van der Waals surface area contributed by atoms with Gasteiger partial charge in [-0.2, -0.15) is 0 Å². The van der Waals surface area contributed by atoms with Gasteiger partial charge in [-0.1, -0.05) is 43.6 Å². The molecule has 0 saturated heterocycles. The lowest BCUT2D eigenvalue weighted by molar-refractivity contribution is 0.0864. The van der Waals surface area contributed by atoms with E-state index in [-0.39, 0.29) is 5.96 Å². The summed E-state index contributed by atoms with van der Waals surface area (Å²) in [5.41, 5.74) is 7.45. The number of carbonyl (C=O) groups is 1. The molecule has 0 unspecified atom stereocenters. The van der Waals surface area contributed by atoms with Gasteiger partial charge in [0.05, 0.1) is 10.5 Å². The summed E-state index contributed by atoms with van der Waals surface area (Å²) in [5, 5.41) is 8.59. The molecule has 30 heavy (non-hydrogen) atoms. The first-order valence-corrected chi connectivity index (χ1v) is 10.1. The Morgan fingerprint density at radius 1 is 1.20 bits per heavy atom. The zero-order valence-electron chi connectivity index (χ0n) is 17.3. The lowest BCUT2D eigenvalue weighted by Gasteiger charge is -2.20. The van der Waals surface area contributed by atoms with Gasteiger partial charge in [-0.05, 0) is 25.2 Å². The standard InChI is InChI=1S/C22H26ClN5O2/c1-4-28(5-2)13-14-8-6-7-9-20(14)30-15-10-17(23)16-12-19(26-18(16)11-15)21(29)27(3)22(24)25/h6-12,26H,4-5,13H2,1-3H3,(H3,24,25). The summed E-state index contributed by atoms with van der Waals surface area (Å²) in [6.07, 6.45) is 0. The van der Waals surface area contributed by atoms with Crippen LogP contribution in [-0.4, -0.2) is 46.8 Å². The third-order valence-electron chi connectivity index (χ3n) is 5.05. The van der Waals surface area contributed by atoms with E-state index < -0.39 is 5.91 Å². The Kier molecular flexibility index (Phi) is 6.64. The molecule has 7 nitrogen and oxygen atoms in total. The minimum atomic E-state index is -0.415. The fourth-order valence-electron chi connectivity index (χ4n) is 3.18. The Morgan fingerprint density at radius 3 is 2.57 bits per heavy atom. The highest BCUT2D eigenvalue weighted by Crippen LogP contribution is 2.33. The van der Waals surface area contributed by atoms with Gasteiger partial charge in [-0.3, -0.25) is 20.0 Å². The maximum absolute atomic E-state index is 12.4. The number of ether oxygens (including phenoxy) is 1. The molecule has 0 radical (unpaired) electrons. The molecule has 2 aromatic carbocycles. The van der Waals surface area contributed by atoms with Crippen molar-refractivity contribution in [3.05, 3.63) is 58.7 Å². The Morgan fingerprint density at radius 2 is 1.90 bits per heavy atom. The second kappa shape index (κ2) is 9.19. The van der Waals surface area contributed by atoms with Crippen molar-refractivity contribution in [1.29, 1.82) is 5.41 Å². The molecule has 0 aliphatic rings. The first-order valence-electron chi connectivity index (χ1n) is 9.76. The Hall–Kier alpha value is -3.03. The van der Waals surface area contributed by atoms with E-state index in [1.54, 1.807) is 18.2 Å². The molecule has 1 heterocycles. The van der Waals surface area contributed by atoms with Crippen LogP contribution in [0.2, 0.25) is 5.02 Å². The van der Waals surface area contributed by atoms with Crippen LogP contribution in [0, 0.1) is 5.41 Å². The number of hydrogen-bond acceptors (Lipinski definition) is 4. The molecule has 0 fully saturated rings. The van der Waals surface area contributed by atoms with Gasteiger partial charge >= 0.3 is 0 Å². The molecule has 0 spiro atoms. The molecular formula is C22H26ClN5O2. The van der Waals surface area contributed by atoms with Crippen LogP contribution in [0.3, 0.4) is 0 Å². The minimum absolute atomic E-state index is 0.295. The van der Waals surface area contributed by atoms with Crippen LogP contribution in [0.15, 0.2) is 42.5 Å². The molecule has 3 rings (SSSR count). The predicted molar refractivity (Wildman–Crippen MR) is 120 cm³/mol. The second-order valence-corrected chi connectivity index (χ2v) is 7.38. The van der Waals surface area contributed by atoms with Crippen LogP contribution in [0.1, 0.15) is 29.9 Å². The number of rotatable bonds is 7. The molecular weight excluding hydrogens is 402 g/mol. The van der Waals surface area contributed by atoms with Gasteiger partial charge in [0.1, 0.15) is 17.2 Å². The molecule has 3 aromatic rings. The number of nitrogens with two attached hydrogens (primary N) is 1. The van der Waals surface area contributed by atoms with Crippen LogP contribution < -0.4 is 10.5 Å². The van der Waals surface area contributed by atoms with E-state index in [4.69, 9.17) is 27.5 Å². The lowest BCUT2D eigenvalue weighted by Crippen LogP contribution is -2.38. The number of aromatic amines is 1. The quantitative estimate of drug-likeness (QED) is 0.384. The first kappa shape index (κ1) is 21.7. The van der Waals surface area contributed by atoms with E-state index in [9.17, 15) is 4.79 Å². The maximum Gasteiger partial charge on any atom is 0.276 e. The molecule has 0 atom stereocenters. The molecule has 0 aliphatic carbocycles. The van der Waals surface area contributed by atoms with Crippen molar-refractivity contribution in [2.75, 3.05) is 20.1 Å². The van der Waals surface area contributed by atoms with Gasteiger partial charge < -0.3 is 15.5 Å². The third kappa shape index (κ3) is 4.58. The van der Waals surface area contributed by atoms with E-state index in [0.717, 1.165) is 35.8 Å². The zero-order chi connectivity index (χ0) is 21.8. The SMILES string of the molecule is CCN(CC)Cc1ccccc1Oc1cc(Cl)c2cc(C(=O)N(C)C(=N)N)[nH]c2c1.